The molecular formula is C15H13N3O6. The maximum absolute atomic E-state index is 12.5. The second-order valence-corrected chi connectivity index (χ2v) is 5.43. The highest BCUT2D eigenvalue weighted by molar-refractivity contribution is 6.23. The number of hydrogen-bond acceptors (Lipinski definition) is 6. The highest BCUT2D eigenvalue weighted by Crippen LogP contribution is 2.28. The van der Waals surface area contributed by atoms with Crippen LogP contribution in [0, 0.1) is 0 Å². The Morgan fingerprint density at radius 3 is 2.58 bits per heavy atom. The van der Waals surface area contributed by atoms with Gasteiger partial charge in [-0.1, -0.05) is 6.07 Å². The Bertz CT molecular complexity index is 787. The predicted molar refractivity (Wildman–Crippen MR) is 77.5 cm³/mol. The summed E-state index contributed by atoms with van der Waals surface area (Å²) in [6, 6.07) is 3.37. The molecule has 2 aliphatic rings. The maximum atomic E-state index is 12.5. The van der Waals surface area contributed by atoms with Crippen molar-refractivity contribution in [1.29, 1.82) is 0 Å². The molecule has 5 amide bonds. The number of piperidine rings is 1. The quantitative estimate of drug-likeness (QED) is 0.729. The van der Waals surface area contributed by atoms with Crippen molar-refractivity contribution in [3.63, 3.8) is 0 Å². The van der Waals surface area contributed by atoms with Crippen LogP contribution in [0.2, 0.25) is 0 Å². The van der Waals surface area contributed by atoms with Gasteiger partial charge in [-0.3, -0.25) is 29.4 Å². The third kappa shape index (κ3) is 2.60. The first-order valence-electron chi connectivity index (χ1n) is 7.15. The highest BCUT2D eigenvalue weighted by atomic mass is 16.5. The molecular weight excluding hydrogens is 318 g/mol. The Hall–Kier alpha value is -3.23. The van der Waals surface area contributed by atoms with Gasteiger partial charge in [0, 0.05) is 6.42 Å². The van der Waals surface area contributed by atoms with Gasteiger partial charge >= 0.3 is 6.09 Å². The van der Waals surface area contributed by atoms with E-state index in [2.05, 4.69) is 10.1 Å². The van der Waals surface area contributed by atoms with Gasteiger partial charge in [-0.15, -0.1) is 0 Å². The summed E-state index contributed by atoms with van der Waals surface area (Å²) in [6.07, 6.45) is -0.807. The number of imide groups is 2. The number of nitrogens with two attached hydrogens (primary N) is 1. The summed E-state index contributed by atoms with van der Waals surface area (Å²) in [5, 5.41) is 2.12. The van der Waals surface area contributed by atoms with Gasteiger partial charge < -0.3 is 10.5 Å². The van der Waals surface area contributed by atoms with Crippen LogP contribution in [0.4, 0.5) is 4.79 Å². The number of ether oxygens (including phenoxy) is 1. The second-order valence-electron chi connectivity index (χ2n) is 5.43. The molecule has 1 unspecified atom stereocenters. The average molecular weight is 331 g/mol. The van der Waals surface area contributed by atoms with E-state index in [1.165, 1.54) is 18.2 Å². The van der Waals surface area contributed by atoms with E-state index in [9.17, 15) is 24.0 Å². The lowest BCUT2D eigenvalue weighted by Gasteiger charge is -2.27. The Balaban J connectivity index is 1.86. The average Bonchev–Trinajstić information content (AvgIpc) is 2.77. The molecule has 0 aromatic heterocycles. The van der Waals surface area contributed by atoms with E-state index in [1.807, 2.05) is 0 Å². The monoisotopic (exact) mass is 331 g/mol. The van der Waals surface area contributed by atoms with Crippen molar-refractivity contribution in [2.45, 2.75) is 25.5 Å². The lowest BCUT2D eigenvalue weighted by atomic mass is 10.0. The summed E-state index contributed by atoms with van der Waals surface area (Å²) < 4.78 is 4.65. The number of nitrogens with zero attached hydrogens (tertiary/aromatic N) is 1. The third-order valence-electron chi connectivity index (χ3n) is 3.89. The fourth-order valence-corrected chi connectivity index (χ4v) is 2.76. The number of hydrogen-bond donors (Lipinski definition) is 2. The van der Waals surface area contributed by atoms with Crippen molar-refractivity contribution in [2.24, 2.45) is 5.73 Å². The van der Waals surface area contributed by atoms with Crippen molar-refractivity contribution in [3.8, 4) is 0 Å². The van der Waals surface area contributed by atoms with Crippen molar-refractivity contribution in [2.75, 3.05) is 0 Å². The largest absolute Gasteiger partial charge is 0.445 e. The third-order valence-corrected chi connectivity index (χ3v) is 3.89. The first-order valence-corrected chi connectivity index (χ1v) is 7.15. The molecule has 9 heteroatoms. The summed E-state index contributed by atoms with van der Waals surface area (Å²) in [5.74, 6) is -2.31. The van der Waals surface area contributed by atoms with Gasteiger partial charge in [-0.05, 0) is 24.1 Å². The molecule has 3 rings (SSSR count). The van der Waals surface area contributed by atoms with Crippen LogP contribution in [-0.4, -0.2) is 40.7 Å². The van der Waals surface area contributed by atoms with Gasteiger partial charge in [-0.2, -0.15) is 0 Å². The minimum absolute atomic E-state index is 0.0571. The van der Waals surface area contributed by atoms with Crippen LogP contribution in [-0.2, 0) is 20.9 Å². The second kappa shape index (κ2) is 5.76. The molecule has 1 saturated heterocycles. The normalized spacial score (nSPS) is 20.0. The Labute approximate surface area is 135 Å². The first-order chi connectivity index (χ1) is 11.4. The van der Waals surface area contributed by atoms with Crippen LogP contribution in [0.1, 0.15) is 39.1 Å². The number of carbonyl (C=O) groups is 5. The van der Waals surface area contributed by atoms with E-state index in [1.54, 1.807) is 0 Å². The molecule has 2 heterocycles. The van der Waals surface area contributed by atoms with E-state index in [-0.39, 0.29) is 30.6 Å². The van der Waals surface area contributed by atoms with Crippen molar-refractivity contribution >= 4 is 29.7 Å². The standard InChI is InChI=1S/C15H13N3O6/c16-15(23)24-6-7-1-2-8-9(5-7)14(22)18(13(8)21)10-3-4-11(19)17-12(10)20/h1-2,5,10H,3-4,6H2,(H2,16,23)(H,17,19,20). The fourth-order valence-electron chi connectivity index (χ4n) is 2.76. The van der Waals surface area contributed by atoms with E-state index in [0.29, 0.717) is 5.56 Å². The molecule has 124 valence electrons. The number of amides is 5. The summed E-state index contributed by atoms with van der Waals surface area (Å²) in [5.41, 5.74) is 5.65. The zero-order chi connectivity index (χ0) is 17.4. The molecule has 1 fully saturated rings. The molecule has 9 nitrogen and oxygen atoms in total. The molecule has 0 bridgehead atoms. The Morgan fingerprint density at radius 1 is 1.21 bits per heavy atom. The van der Waals surface area contributed by atoms with Crippen LogP contribution >= 0.6 is 0 Å². The van der Waals surface area contributed by atoms with E-state index >= 15 is 0 Å². The number of fused-ring (bicyclic) bond motifs is 1. The number of primary amides is 1. The Kier molecular flexibility index (Phi) is 3.76. The number of nitrogens with one attached hydrogen (secondary N) is 1. The summed E-state index contributed by atoms with van der Waals surface area (Å²) in [7, 11) is 0. The van der Waals surface area contributed by atoms with Gasteiger partial charge in [0.15, 0.2) is 0 Å². The maximum Gasteiger partial charge on any atom is 0.404 e. The smallest absolute Gasteiger partial charge is 0.404 e. The van der Waals surface area contributed by atoms with Gasteiger partial charge in [0.1, 0.15) is 12.6 Å². The zero-order valence-corrected chi connectivity index (χ0v) is 12.4. The van der Waals surface area contributed by atoms with Crippen LogP contribution in [0.5, 0.6) is 0 Å². The van der Waals surface area contributed by atoms with Gasteiger partial charge in [0.2, 0.25) is 11.8 Å². The number of carbonyl (C=O) groups excluding carboxylic acids is 5. The fraction of sp³-hybridized carbons (Fsp3) is 0.267. The summed E-state index contributed by atoms with van der Waals surface area (Å²) >= 11 is 0. The van der Waals surface area contributed by atoms with E-state index in [4.69, 9.17) is 5.73 Å². The van der Waals surface area contributed by atoms with Crippen molar-refractivity contribution in [1.82, 2.24) is 10.2 Å². The SMILES string of the molecule is NC(=O)OCc1ccc2c(c1)C(=O)N(C1CCC(=O)NC1=O)C2=O. The summed E-state index contributed by atoms with van der Waals surface area (Å²) in [6.45, 7) is -0.136. The molecule has 3 N–H and O–H groups in total. The number of rotatable bonds is 3. The zero-order valence-electron chi connectivity index (χ0n) is 12.4. The molecule has 2 aliphatic heterocycles. The molecule has 0 radical (unpaired) electrons. The molecule has 24 heavy (non-hydrogen) atoms. The van der Waals surface area contributed by atoms with Crippen LogP contribution < -0.4 is 11.1 Å². The molecule has 1 aromatic rings. The van der Waals surface area contributed by atoms with E-state index < -0.39 is 35.8 Å². The van der Waals surface area contributed by atoms with E-state index in [0.717, 1.165) is 4.90 Å². The predicted octanol–water partition coefficient (Wildman–Crippen LogP) is -0.317. The van der Waals surface area contributed by atoms with Gasteiger partial charge in [0.05, 0.1) is 11.1 Å². The van der Waals surface area contributed by atoms with Crippen LogP contribution in [0.15, 0.2) is 18.2 Å². The lowest BCUT2D eigenvalue weighted by Crippen LogP contribution is -2.54. The van der Waals surface area contributed by atoms with Crippen LogP contribution in [0.25, 0.3) is 0 Å². The lowest BCUT2D eigenvalue weighted by molar-refractivity contribution is -0.136. The highest BCUT2D eigenvalue weighted by Gasteiger charge is 2.44. The Morgan fingerprint density at radius 2 is 1.92 bits per heavy atom. The van der Waals surface area contributed by atoms with Crippen molar-refractivity contribution in [3.05, 3.63) is 34.9 Å². The minimum atomic E-state index is -1.01. The summed E-state index contributed by atoms with van der Waals surface area (Å²) in [4.78, 5) is 59.6. The van der Waals surface area contributed by atoms with Gasteiger partial charge in [0.25, 0.3) is 11.8 Å². The molecule has 1 atom stereocenters. The van der Waals surface area contributed by atoms with Gasteiger partial charge in [-0.25, -0.2) is 4.79 Å². The minimum Gasteiger partial charge on any atom is -0.445 e. The molecule has 0 aliphatic carbocycles. The molecule has 1 aromatic carbocycles. The molecule has 0 spiro atoms. The topological polar surface area (TPSA) is 136 Å². The van der Waals surface area contributed by atoms with Crippen LogP contribution in [0.3, 0.4) is 0 Å². The molecule has 0 saturated carbocycles. The van der Waals surface area contributed by atoms with Crippen molar-refractivity contribution < 1.29 is 28.7 Å². The number of benzene rings is 1. The first kappa shape index (κ1) is 15.7.